The van der Waals surface area contributed by atoms with E-state index in [4.69, 9.17) is 0 Å². The second-order valence-electron chi connectivity index (χ2n) is 5.90. The Morgan fingerprint density at radius 3 is 2.04 bits per heavy atom. The van der Waals surface area contributed by atoms with E-state index in [-0.39, 0.29) is 5.91 Å². The summed E-state index contributed by atoms with van der Waals surface area (Å²) in [5.41, 5.74) is 6.67. The van der Waals surface area contributed by atoms with Gasteiger partial charge in [0.25, 0.3) is 5.91 Å². The lowest BCUT2D eigenvalue weighted by molar-refractivity contribution is -0.121. The van der Waals surface area contributed by atoms with E-state index in [0.29, 0.717) is 0 Å². The standard InChI is InChI=1S/C22H20N2O/c1-17-9-8-10-18(15-17)16-23-24-22(25)21(19-11-4-2-5-12-19)20-13-6-3-7-14-20/h2-16,21H,1H3,(H,24,25). The normalized spacial score (nSPS) is 11.0. The molecule has 0 aliphatic rings. The van der Waals surface area contributed by atoms with Gasteiger partial charge >= 0.3 is 0 Å². The molecule has 1 amide bonds. The number of carbonyl (C=O) groups excluding carboxylic acids is 1. The van der Waals surface area contributed by atoms with E-state index in [0.717, 1.165) is 22.3 Å². The zero-order valence-electron chi connectivity index (χ0n) is 14.1. The van der Waals surface area contributed by atoms with Crippen LogP contribution in [0.3, 0.4) is 0 Å². The molecule has 0 aliphatic heterocycles. The van der Waals surface area contributed by atoms with Gasteiger partial charge in [0.1, 0.15) is 0 Å². The summed E-state index contributed by atoms with van der Waals surface area (Å²) in [6.07, 6.45) is 1.66. The number of nitrogens with zero attached hydrogens (tertiary/aromatic N) is 1. The van der Waals surface area contributed by atoms with E-state index < -0.39 is 5.92 Å². The Morgan fingerprint density at radius 1 is 0.880 bits per heavy atom. The Balaban J connectivity index is 1.80. The summed E-state index contributed by atoms with van der Waals surface area (Å²) < 4.78 is 0. The molecule has 0 aliphatic carbocycles. The average molecular weight is 328 g/mol. The maximum atomic E-state index is 12.8. The first-order valence-corrected chi connectivity index (χ1v) is 8.23. The molecule has 3 aromatic rings. The lowest BCUT2D eigenvalue weighted by Crippen LogP contribution is -2.26. The molecule has 124 valence electrons. The Labute approximate surface area is 148 Å². The summed E-state index contributed by atoms with van der Waals surface area (Å²) in [5.74, 6) is -0.543. The van der Waals surface area contributed by atoms with Crippen molar-refractivity contribution in [1.82, 2.24) is 5.43 Å². The van der Waals surface area contributed by atoms with Gasteiger partial charge in [-0.2, -0.15) is 5.10 Å². The molecule has 0 saturated heterocycles. The van der Waals surface area contributed by atoms with Crippen LogP contribution in [0, 0.1) is 6.92 Å². The highest BCUT2D eigenvalue weighted by Gasteiger charge is 2.22. The molecule has 0 aromatic heterocycles. The van der Waals surface area contributed by atoms with Crippen molar-refractivity contribution in [3.63, 3.8) is 0 Å². The lowest BCUT2D eigenvalue weighted by atomic mass is 9.91. The molecule has 0 saturated carbocycles. The van der Waals surface area contributed by atoms with Gasteiger partial charge in [0, 0.05) is 0 Å². The minimum Gasteiger partial charge on any atom is -0.272 e. The highest BCUT2D eigenvalue weighted by molar-refractivity contribution is 5.88. The topological polar surface area (TPSA) is 41.5 Å². The van der Waals surface area contributed by atoms with E-state index in [1.165, 1.54) is 0 Å². The fourth-order valence-electron chi connectivity index (χ4n) is 2.77. The molecular formula is C22H20N2O. The summed E-state index contributed by atoms with van der Waals surface area (Å²) in [4.78, 5) is 12.8. The van der Waals surface area contributed by atoms with Gasteiger partial charge in [0.2, 0.25) is 0 Å². The third-order valence-electron chi connectivity index (χ3n) is 3.96. The SMILES string of the molecule is Cc1cccc(C=NNC(=O)C(c2ccccc2)c2ccccc2)c1. The molecule has 0 fully saturated rings. The van der Waals surface area contributed by atoms with Gasteiger partial charge < -0.3 is 0 Å². The van der Waals surface area contributed by atoms with Crippen LogP contribution in [0.2, 0.25) is 0 Å². The predicted octanol–water partition coefficient (Wildman–Crippen LogP) is 4.28. The van der Waals surface area contributed by atoms with Crippen molar-refractivity contribution >= 4 is 12.1 Å². The number of carbonyl (C=O) groups is 1. The Bertz CT molecular complexity index is 818. The van der Waals surface area contributed by atoms with E-state index in [1.54, 1.807) is 6.21 Å². The molecule has 0 bridgehead atoms. The maximum Gasteiger partial charge on any atom is 0.252 e. The zero-order chi connectivity index (χ0) is 17.5. The van der Waals surface area contributed by atoms with Gasteiger partial charge in [-0.05, 0) is 23.6 Å². The van der Waals surface area contributed by atoms with Gasteiger partial charge in [-0.25, -0.2) is 5.43 Å². The third kappa shape index (κ3) is 4.42. The summed E-state index contributed by atoms with van der Waals surface area (Å²) in [7, 11) is 0. The number of amides is 1. The fraction of sp³-hybridized carbons (Fsp3) is 0.0909. The number of hydrazone groups is 1. The van der Waals surface area contributed by atoms with Crippen LogP contribution in [0.25, 0.3) is 0 Å². The summed E-state index contributed by atoms with van der Waals surface area (Å²) in [6.45, 7) is 2.02. The van der Waals surface area contributed by atoms with E-state index in [2.05, 4.69) is 10.5 Å². The van der Waals surface area contributed by atoms with Crippen molar-refractivity contribution in [2.45, 2.75) is 12.8 Å². The van der Waals surface area contributed by atoms with Crippen LogP contribution in [-0.2, 0) is 4.79 Å². The number of hydrogen-bond donors (Lipinski definition) is 1. The molecule has 3 heteroatoms. The van der Waals surface area contributed by atoms with Gasteiger partial charge in [0.05, 0.1) is 12.1 Å². The first-order valence-electron chi connectivity index (χ1n) is 8.23. The monoisotopic (exact) mass is 328 g/mol. The van der Waals surface area contributed by atoms with Gasteiger partial charge in [0.15, 0.2) is 0 Å². The molecule has 3 aromatic carbocycles. The molecule has 0 unspecified atom stereocenters. The molecule has 0 radical (unpaired) electrons. The minimum atomic E-state index is -0.392. The van der Waals surface area contributed by atoms with Gasteiger partial charge in [-0.3, -0.25) is 4.79 Å². The van der Waals surface area contributed by atoms with Crippen LogP contribution in [0.15, 0.2) is 90.0 Å². The maximum absolute atomic E-state index is 12.8. The van der Waals surface area contributed by atoms with Crippen LogP contribution in [-0.4, -0.2) is 12.1 Å². The highest BCUT2D eigenvalue weighted by atomic mass is 16.2. The van der Waals surface area contributed by atoms with Crippen LogP contribution in [0.4, 0.5) is 0 Å². The smallest absolute Gasteiger partial charge is 0.252 e. The molecule has 1 N–H and O–H groups in total. The van der Waals surface area contributed by atoms with Gasteiger partial charge in [-0.1, -0.05) is 90.5 Å². The summed E-state index contributed by atoms with van der Waals surface area (Å²) >= 11 is 0. The number of hydrogen-bond acceptors (Lipinski definition) is 2. The van der Waals surface area contributed by atoms with Crippen molar-refractivity contribution < 1.29 is 4.79 Å². The van der Waals surface area contributed by atoms with Crippen molar-refractivity contribution in [2.75, 3.05) is 0 Å². The van der Waals surface area contributed by atoms with Crippen LogP contribution in [0.5, 0.6) is 0 Å². The van der Waals surface area contributed by atoms with Crippen molar-refractivity contribution in [3.05, 3.63) is 107 Å². The Hall–Kier alpha value is -3.20. The predicted molar refractivity (Wildman–Crippen MR) is 102 cm³/mol. The number of benzene rings is 3. The average Bonchev–Trinajstić information content (AvgIpc) is 2.64. The lowest BCUT2D eigenvalue weighted by Gasteiger charge is -2.16. The molecular weight excluding hydrogens is 308 g/mol. The second kappa shape index (κ2) is 8.06. The Kier molecular flexibility index (Phi) is 5.37. The first kappa shape index (κ1) is 16.7. The van der Waals surface area contributed by atoms with Crippen LogP contribution in [0.1, 0.15) is 28.2 Å². The number of nitrogens with one attached hydrogen (secondary N) is 1. The van der Waals surface area contributed by atoms with Crippen LogP contribution >= 0.6 is 0 Å². The minimum absolute atomic E-state index is 0.152. The van der Waals surface area contributed by atoms with E-state index >= 15 is 0 Å². The van der Waals surface area contributed by atoms with Crippen molar-refractivity contribution in [3.8, 4) is 0 Å². The number of aryl methyl sites for hydroxylation is 1. The largest absolute Gasteiger partial charge is 0.272 e. The van der Waals surface area contributed by atoms with Crippen molar-refractivity contribution in [2.24, 2.45) is 5.10 Å². The molecule has 0 atom stereocenters. The fourth-order valence-corrected chi connectivity index (χ4v) is 2.77. The van der Waals surface area contributed by atoms with Gasteiger partial charge in [-0.15, -0.1) is 0 Å². The number of rotatable bonds is 5. The quantitative estimate of drug-likeness (QED) is 0.551. The molecule has 0 spiro atoms. The van der Waals surface area contributed by atoms with E-state index in [9.17, 15) is 4.79 Å². The summed E-state index contributed by atoms with van der Waals surface area (Å²) in [5, 5.41) is 4.13. The molecule has 0 heterocycles. The van der Waals surface area contributed by atoms with Crippen LogP contribution < -0.4 is 5.43 Å². The third-order valence-corrected chi connectivity index (χ3v) is 3.96. The molecule has 3 rings (SSSR count). The summed E-state index contributed by atoms with van der Waals surface area (Å²) in [6, 6.07) is 27.4. The molecule has 25 heavy (non-hydrogen) atoms. The first-order chi connectivity index (χ1) is 12.2. The van der Waals surface area contributed by atoms with E-state index in [1.807, 2.05) is 91.9 Å². The Morgan fingerprint density at radius 2 is 1.48 bits per heavy atom. The van der Waals surface area contributed by atoms with Crippen molar-refractivity contribution in [1.29, 1.82) is 0 Å². The molecule has 3 nitrogen and oxygen atoms in total. The second-order valence-corrected chi connectivity index (χ2v) is 5.90. The zero-order valence-corrected chi connectivity index (χ0v) is 14.1. The highest BCUT2D eigenvalue weighted by Crippen LogP contribution is 2.24.